The molecule has 2 N–H and O–H groups in total. The number of pyridine rings is 1. The smallest absolute Gasteiger partial charge is 0.374 e. The first kappa shape index (κ1) is 11.3. The zero-order chi connectivity index (χ0) is 11.5. The summed E-state index contributed by atoms with van der Waals surface area (Å²) in [6, 6.07) is 1.92. The predicted octanol–water partition coefficient (Wildman–Crippen LogP) is 1.53. The van der Waals surface area contributed by atoms with Crippen molar-refractivity contribution in [3.8, 4) is 0 Å². The summed E-state index contributed by atoms with van der Waals surface area (Å²) in [5, 5.41) is 17.1. The maximum Gasteiger partial charge on any atom is 0.386 e. The molecule has 16 heavy (non-hydrogen) atoms. The van der Waals surface area contributed by atoms with Crippen molar-refractivity contribution in [2.75, 3.05) is 18.4 Å². The van der Waals surface area contributed by atoms with Gasteiger partial charge in [0.15, 0.2) is 6.20 Å². The van der Waals surface area contributed by atoms with Gasteiger partial charge in [0.25, 0.3) is 0 Å². The molecular formula is C9H11BrN4O2. The van der Waals surface area contributed by atoms with Crippen molar-refractivity contribution in [2.24, 2.45) is 0 Å². The fourth-order valence-corrected chi connectivity index (χ4v) is 2.01. The molecule has 1 aliphatic heterocycles. The molecule has 86 valence electrons. The molecule has 0 saturated carbocycles. The lowest BCUT2D eigenvalue weighted by Gasteiger charge is -2.12. The van der Waals surface area contributed by atoms with Crippen LogP contribution in [0.2, 0.25) is 0 Å². The molecule has 1 saturated heterocycles. The van der Waals surface area contributed by atoms with Gasteiger partial charge in [-0.2, -0.15) is 0 Å². The average Bonchev–Trinajstić information content (AvgIpc) is 2.70. The van der Waals surface area contributed by atoms with Crippen molar-refractivity contribution in [3.05, 3.63) is 26.9 Å². The number of hydrogen-bond acceptors (Lipinski definition) is 5. The van der Waals surface area contributed by atoms with Crippen LogP contribution in [0.5, 0.6) is 0 Å². The first-order chi connectivity index (χ1) is 7.66. The fourth-order valence-electron chi connectivity index (χ4n) is 1.68. The molecule has 0 radical (unpaired) electrons. The van der Waals surface area contributed by atoms with Crippen LogP contribution in [-0.4, -0.2) is 29.0 Å². The van der Waals surface area contributed by atoms with Crippen LogP contribution < -0.4 is 10.6 Å². The molecule has 2 rings (SSSR count). The number of aromatic nitrogens is 1. The van der Waals surface area contributed by atoms with Crippen molar-refractivity contribution in [3.63, 3.8) is 0 Å². The Morgan fingerprint density at radius 3 is 3.12 bits per heavy atom. The van der Waals surface area contributed by atoms with E-state index in [-0.39, 0.29) is 11.9 Å². The zero-order valence-corrected chi connectivity index (χ0v) is 10.0. The maximum atomic E-state index is 10.8. The average molecular weight is 287 g/mol. The van der Waals surface area contributed by atoms with Crippen LogP contribution >= 0.6 is 15.9 Å². The second-order valence-electron chi connectivity index (χ2n) is 3.62. The molecule has 0 aliphatic carbocycles. The number of nitro groups is 1. The SMILES string of the molecule is O=[N+]([O-])c1ncc(Br)cc1NC1CCNC1. The number of anilines is 1. The normalized spacial score (nSPS) is 19.7. The number of nitrogens with zero attached hydrogens (tertiary/aromatic N) is 2. The molecule has 1 aromatic heterocycles. The molecule has 1 fully saturated rings. The molecule has 2 heterocycles. The Kier molecular flexibility index (Phi) is 3.35. The quantitative estimate of drug-likeness (QED) is 0.651. The van der Waals surface area contributed by atoms with E-state index in [1.807, 2.05) is 0 Å². The lowest BCUT2D eigenvalue weighted by Crippen LogP contribution is -2.22. The summed E-state index contributed by atoms with van der Waals surface area (Å²) in [4.78, 5) is 14.1. The first-order valence-corrected chi connectivity index (χ1v) is 5.73. The largest absolute Gasteiger partial charge is 0.386 e. The van der Waals surface area contributed by atoms with E-state index in [2.05, 4.69) is 31.5 Å². The van der Waals surface area contributed by atoms with E-state index in [0.29, 0.717) is 5.69 Å². The Morgan fingerprint density at radius 2 is 2.50 bits per heavy atom. The lowest BCUT2D eigenvalue weighted by atomic mass is 10.2. The van der Waals surface area contributed by atoms with Gasteiger partial charge in [-0.1, -0.05) is 0 Å². The minimum atomic E-state index is -0.475. The van der Waals surface area contributed by atoms with Crippen molar-refractivity contribution < 1.29 is 4.92 Å². The molecule has 7 heteroatoms. The molecule has 1 aliphatic rings. The van der Waals surface area contributed by atoms with Crippen LogP contribution in [0.4, 0.5) is 11.5 Å². The molecule has 6 nitrogen and oxygen atoms in total. The molecule has 1 atom stereocenters. The Morgan fingerprint density at radius 1 is 1.69 bits per heavy atom. The molecule has 0 amide bonds. The van der Waals surface area contributed by atoms with Crippen LogP contribution in [-0.2, 0) is 0 Å². The van der Waals surface area contributed by atoms with Crippen molar-refractivity contribution >= 4 is 27.4 Å². The Balaban J connectivity index is 2.22. The second kappa shape index (κ2) is 4.75. The van der Waals surface area contributed by atoms with Crippen LogP contribution in [0.1, 0.15) is 6.42 Å². The van der Waals surface area contributed by atoms with Gasteiger partial charge in [-0.05, 0) is 44.9 Å². The number of nitrogens with one attached hydrogen (secondary N) is 2. The third-order valence-electron chi connectivity index (χ3n) is 2.43. The zero-order valence-electron chi connectivity index (χ0n) is 8.44. The first-order valence-electron chi connectivity index (χ1n) is 4.94. The van der Waals surface area contributed by atoms with E-state index in [0.717, 1.165) is 24.0 Å². The van der Waals surface area contributed by atoms with E-state index in [1.54, 1.807) is 6.07 Å². The third-order valence-corrected chi connectivity index (χ3v) is 2.86. The van der Waals surface area contributed by atoms with Gasteiger partial charge < -0.3 is 20.7 Å². The standard InChI is InChI=1S/C9H11BrN4O2/c10-6-3-8(9(12-4-6)14(15)16)13-7-1-2-11-5-7/h3-4,7,11,13H,1-2,5H2. The maximum absolute atomic E-state index is 10.8. The summed E-state index contributed by atoms with van der Waals surface area (Å²) < 4.78 is 0.728. The van der Waals surface area contributed by atoms with Gasteiger partial charge in [0.2, 0.25) is 0 Å². The van der Waals surface area contributed by atoms with Gasteiger partial charge in [0, 0.05) is 12.6 Å². The predicted molar refractivity (Wildman–Crippen MR) is 63.5 cm³/mol. The van der Waals surface area contributed by atoms with Gasteiger partial charge >= 0.3 is 5.82 Å². The topological polar surface area (TPSA) is 80.1 Å². The monoisotopic (exact) mass is 286 g/mol. The van der Waals surface area contributed by atoms with Crippen LogP contribution in [0.15, 0.2) is 16.7 Å². The van der Waals surface area contributed by atoms with E-state index in [4.69, 9.17) is 0 Å². The summed E-state index contributed by atoms with van der Waals surface area (Å²) in [6.45, 7) is 1.76. The van der Waals surface area contributed by atoms with Crippen molar-refractivity contribution in [1.82, 2.24) is 10.3 Å². The molecule has 0 spiro atoms. The Hall–Kier alpha value is -1.21. The number of rotatable bonds is 3. The highest BCUT2D eigenvalue weighted by molar-refractivity contribution is 9.10. The van der Waals surface area contributed by atoms with Gasteiger partial charge in [-0.25, -0.2) is 0 Å². The summed E-state index contributed by atoms with van der Waals surface area (Å²) >= 11 is 3.25. The third kappa shape index (κ3) is 2.48. The highest BCUT2D eigenvalue weighted by atomic mass is 79.9. The lowest BCUT2D eigenvalue weighted by molar-refractivity contribution is -0.388. The minimum Gasteiger partial charge on any atom is -0.374 e. The van der Waals surface area contributed by atoms with E-state index in [1.165, 1.54) is 6.20 Å². The molecule has 0 aromatic carbocycles. The Bertz CT molecular complexity index is 406. The molecular weight excluding hydrogens is 276 g/mol. The summed E-state index contributed by atoms with van der Waals surface area (Å²) in [6.07, 6.45) is 2.39. The second-order valence-corrected chi connectivity index (χ2v) is 4.53. The van der Waals surface area contributed by atoms with Crippen molar-refractivity contribution in [1.29, 1.82) is 0 Å². The van der Waals surface area contributed by atoms with Crippen LogP contribution in [0, 0.1) is 10.1 Å². The summed E-state index contributed by atoms with van der Waals surface area (Å²) in [5.74, 6) is -0.130. The fraction of sp³-hybridized carbons (Fsp3) is 0.444. The van der Waals surface area contributed by atoms with E-state index in [9.17, 15) is 10.1 Å². The van der Waals surface area contributed by atoms with Crippen LogP contribution in [0.3, 0.4) is 0 Å². The molecule has 1 unspecified atom stereocenters. The van der Waals surface area contributed by atoms with Crippen molar-refractivity contribution in [2.45, 2.75) is 12.5 Å². The highest BCUT2D eigenvalue weighted by Crippen LogP contribution is 2.26. The molecule has 0 bridgehead atoms. The van der Waals surface area contributed by atoms with E-state index >= 15 is 0 Å². The highest BCUT2D eigenvalue weighted by Gasteiger charge is 2.21. The minimum absolute atomic E-state index is 0.130. The molecule has 1 aromatic rings. The van der Waals surface area contributed by atoms with E-state index < -0.39 is 4.92 Å². The summed E-state index contributed by atoms with van der Waals surface area (Å²) in [5.41, 5.74) is 0.466. The van der Waals surface area contributed by atoms with Gasteiger partial charge in [-0.3, -0.25) is 0 Å². The van der Waals surface area contributed by atoms with Gasteiger partial charge in [0.05, 0.1) is 4.47 Å². The van der Waals surface area contributed by atoms with Crippen LogP contribution in [0.25, 0.3) is 0 Å². The van der Waals surface area contributed by atoms with Gasteiger partial charge in [-0.15, -0.1) is 0 Å². The number of hydrogen-bond donors (Lipinski definition) is 2. The number of halogens is 1. The van der Waals surface area contributed by atoms with Gasteiger partial charge in [0.1, 0.15) is 5.69 Å². The summed E-state index contributed by atoms with van der Waals surface area (Å²) in [7, 11) is 0. The Labute approximate surface area is 101 Å².